The van der Waals surface area contributed by atoms with Gasteiger partial charge in [0.05, 0.1) is 0 Å². The maximum Gasteiger partial charge on any atom is 0.269 e. The second-order valence-corrected chi connectivity index (χ2v) is 6.07. The average molecular weight is 339 g/mol. The predicted octanol–water partition coefficient (Wildman–Crippen LogP) is 4.73. The van der Waals surface area contributed by atoms with Crippen LogP contribution < -0.4 is 4.74 Å². The number of carbonyl (C=O) groups is 1. The summed E-state index contributed by atoms with van der Waals surface area (Å²) >= 11 is 0. The van der Waals surface area contributed by atoms with Gasteiger partial charge in [0, 0.05) is 6.92 Å². The summed E-state index contributed by atoms with van der Waals surface area (Å²) in [7, 11) is 0. The number of carbonyl (C=O) groups excluding carboxylic acids is 1. The molecule has 0 amide bonds. The van der Waals surface area contributed by atoms with E-state index in [2.05, 4.69) is 29.3 Å². The molecular weight excluding hydrogens is 321 g/mol. The molecule has 0 saturated heterocycles. The Morgan fingerprint density at radius 1 is 1.12 bits per heavy atom. The molecule has 1 heterocycles. The van der Waals surface area contributed by atoms with Gasteiger partial charge in [-0.15, -0.1) is 0 Å². The Morgan fingerprint density at radius 3 is 2.40 bits per heavy atom. The van der Waals surface area contributed by atoms with E-state index in [9.17, 15) is 9.18 Å². The maximum absolute atomic E-state index is 14.4. The summed E-state index contributed by atoms with van der Waals surface area (Å²) in [6, 6.07) is 12.7. The van der Waals surface area contributed by atoms with Crippen molar-refractivity contribution in [2.45, 2.75) is 26.7 Å². The quantitative estimate of drug-likeness (QED) is 0.682. The van der Waals surface area contributed by atoms with E-state index in [1.54, 1.807) is 6.07 Å². The standard InChI is InChI=1S/C19H18FN3O2/c1-11(2)13-4-6-14(7-5-13)15-8-9-17(16(20)10-15)25-19-18(12(3)24)21-23-22-19/h4-11H,1-3H3,(H,21,22,23). The molecule has 5 nitrogen and oxygen atoms in total. The number of hydrogen-bond acceptors (Lipinski definition) is 4. The van der Waals surface area contributed by atoms with Crippen LogP contribution in [0.2, 0.25) is 0 Å². The van der Waals surface area contributed by atoms with Crippen LogP contribution in [0.25, 0.3) is 11.1 Å². The van der Waals surface area contributed by atoms with Gasteiger partial charge in [-0.25, -0.2) is 4.39 Å². The average Bonchev–Trinajstić information content (AvgIpc) is 3.05. The van der Waals surface area contributed by atoms with Gasteiger partial charge in [0.2, 0.25) is 0 Å². The van der Waals surface area contributed by atoms with Crippen LogP contribution in [0, 0.1) is 5.82 Å². The minimum absolute atomic E-state index is 0.0149. The first kappa shape index (κ1) is 16.8. The monoisotopic (exact) mass is 339 g/mol. The van der Waals surface area contributed by atoms with E-state index < -0.39 is 5.82 Å². The molecule has 25 heavy (non-hydrogen) atoms. The Hall–Kier alpha value is -3.02. The van der Waals surface area contributed by atoms with Gasteiger partial charge in [-0.05, 0) is 34.7 Å². The van der Waals surface area contributed by atoms with Crippen molar-refractivity contribution in [3.8, 4) is 22.8 Å². The molecular formula is C19H18FN3O2. The number of ketones is 1. The first-order chi connectivity index (χ1) is 12.0. The van der Waals surface area contributed by atoms with Gasteiger partial charge < -0.3 is 4.74 Å². The summed E-state index contributed by atoms with van der Waals surface area (Å²) in [5.41, 5.74) is 2.99. The Morgan fingerprint density at radius 2 is 1.80 bits per heavy atom. The van der Waals surface area contributed by atoms with Crippen molar-refractivity contribution in [3.63, 3.8) is 0 Å². The zero-order chi connectivity index (χ0) is 18.0. The number of benzene rings is 2. The molecule has 0 bridgehead atoms. The van der Waals surface area contributed by atoms with Gasteiger partial charge in [-0.3, -0.25) is 9.89 Å². The summed E-state index contributed by atoms with van der Waals surface area (Å²) < 4.78 is 19.8. The number of aromatic nitrogens is 3. The third-order valence-corrected chi connectivity index (χ3v) is 3.92. The molecule has 3 rings (SSSR count). The zero-order valence-corrected chi connectivity index (χ0v) is 14.2. The number of Topliss-reactive ketones (excluding diaryl/α,β-unsaturated/α-hetero) is 1. The van der Waals surface area contributed by atoms with Crippen molar-refractivity contribution in [1.82, 2.24) is 15.4 Å². The number of halogens is 1. The number of H-pyrrole nitrogens is 1. The normalized spacial score (nSPS) is 10.9. The second kappa shape index (κ2) is 6.84. The number of rotatable bonds is 5. The van der Waals surface area contributed by atoms with E-state index in [0.29, 0.717) is 5.92 Å². The van der Waals surface area contributed by atoms with Crippen molar-refractivity contribution in [3.05, 3.63) is 59.5 Å². The molecule has 0 spiro atoms. The molecule has 0 radical (unpaired) electrons. The summed E-state index contributed by atoms with van der Waals surface area (Å²) in [6.07, 6.45) is 0. The minimum atomic E-state index is -0.539. The van der Waals surface area contributed by atoms with Crippen LogP contribution in [-0.4, -0.2) is 21.2 Å². The van der Waals surface area contributed by atoms with Crippen LogP contribution in [0.15, 0.2) is 42.5 Å². The molecule has 0 fully saturated rings. The molecule has 0 aliphatic heterocycles. The molecule has 1 aromatic heterocycles. The van der Waals surface area contributed by atoms with Gasteiger partial charge in [0.25, 0.3) is 5.88 Å². The fourth-order valence-electron chi connectivity index (χ4n) is 2.45. The Labute approximate surface area is 144 Å². The first-order valence-electron chi connectivity index (χ1n) is 7.95. The van der Waals surface area contributed by atoms with Gasteiger partial charge >= 0.3 is 0 Å². The molecule has 1 N–H and O–H groups in total. The molecule has 0 unspecified atom stereocenters. The number of aromatic amines is 1. The fourth-order valence-corrected chi connectivity index (χ4v) is 2.45. The Bertz CT molecular complexity index is 901. The second-order valence-electron chi connectivity index (χ2n) is 6.07. The van der Waals surface area contributed by atoms with Crippen LogP contribution in [0.1, 0.15) is 42.7 Å². The van der Waals surface area contributed by atoms with E-state index in [-0.39, 0.29) is 23.1 Å². The highest BCUT2D eigenvalue weighted by atomic mass is 19.1. The largest absolute Gasteiger partial charge is 0.433 e. The molecule has 0 aliphatic carbocycles. The minimum Gasteiger partial charge on any atom is -0.433 e. The van der Waals surface area contributed by atoms with E-state index in [1.807, 2.05) is 24.3 Å². The molecule has 3 aromatic rings. The van der Waals surface area contributed by atoms with Crippen LogP contribution in [0.3, 0.4) is 0 Å². The molecule has 128 valence electrons. The number of ether oxygens (including phenoxy) is 1. The van der Waals surface area contributed by atoms with E-state index in [4.69, 9.17) is 4.74 Å². The van der Waals surface area contributed by atoms with Crippen molar-refractivity contribution in [2.24, 2.45) is 0 Å². The first-order valence-corrected chi connectivity index (χ1v) is 7.95. The van der Waals surface area contributed by atoms with Crippen molar-refractivity contribution in [1.29, 1.82) is 0 Å². The van der Waals surface area contributed by atoms with E-state index >= 15 is 0 Å². The highest BCUT2D eigenvalue weighted by Crippen LogP contribution is 2.30. The van der Waals surface area contributed by atoms with Crippen molar-refractivity contribution in [2.75, 3.05) is 0 Å². The number of hydrogen-bond donors (Lipinski definition) is 1. The number of nitrogens with zero attached hydrogens (tertiary/aromatic N) is 2. The maximum atomic E-state index is 14.4. The van der Waals surface area contributed by atoms with Crippen molar-refractivity contribution >= 4 is 5.78 Å². The van der Waals surface area contributed by atoms with Crippen molar-refractivity contribution < 1.29 is 13.9 Å². The van der Waals surface area contributed by atoms with Gasteiger partial charge in [-0.1, -0.05) is 54.5 Å². The SMILES string of the molecule is CC(=O)c1[nH]nnc1Oc1ccc(-c2ccc(C(C)C)cc2)cc1F. The molecule has 6 heteroatoms. The van der Waals surface area contributed by atoms with Crippen LogP contribution in [0.5, 0.6) is 11.6 Å². The Balaban J connectivity index is 1.85. The van der Waals surface area contributed by atoms with E-state index in [0.717, 1.165) is 11.1 Å². The summed E-state index contributed by atoms with van der Waals surface area (Å²) in [5, 5.41) is 9.62. The van der Waals surface area contributed by atoms with Gasteiger partial charge in [0.15, 0.2) is 23.0 Å². The van der Waals surface area contributed by atoms with Crippen LogP contribution in [0.4, 0.5) is 4.39 Å². The molecule has 0 atom stereocenters. The van der Waals surface area contributed by atoms with Gasteiger partial charge in [0.1, 0.15) is 0 Å². The van der Waals surface area contributed by atoms with Crippen LogP contribution >= 0.6 is 0 Å². The molecule has 2 aromatic carbocycles. The lowest BCUT2D eigenvalue weighted by atomic mass is 9.99. The topological polar surface area (TPSA) is 67.9 Å². The third-order valence-electron chi connectivity index (χ3n) is 3.92. The lowest BCUT2D eigenvalue weighted by Crippen LogP contribution is -1.97. The van der Waals surface area contributed by atoms with E-state index in [1.165, 1.54) is 24.6 Å². The smallest absolute Gasteiger partial charge is 0.269 e. The zero-order valence-electron chi connectivity index (χ0n) is 14.2. The molecule has 0 saturated carbocycles. The lowest BCUT2D eigenvalue weighted by Gasteiger charge is -2.09. The molecule has 0 aliphatic rings. The van der Waals surface area contributed by atoms with Crippen LogP contribution in [-0.2, 0) is 0 Å². The summed E-state index contributed by atoms with van der Waals surface area (Å²) in [5.74, 6) is -0.441. The highest BCUT2D eigenvalue weighted by molar-refractivity contribution is 5.94. The predicted molar refractivity (Wildman–Crippen MR) is 92.4 cm³/mol. The highest BCUT2D eigenvalue weighted by Gasteiger charge is 2.16. The lowest BCUT2D eigenvalue weighted by molar-refractivity contribution is 0.101. The summed E-state index contributed by atoms with van der Waals surface area (Å²) in [4.78, 5) is 11.4. The third kappa shape index (κ3) is 3.57. The Kier molecular flexibility index (Phi) is 4.61. The summed E-state index contributed by atoms with van der Waals surface area (Å²) in [6.45, 7) is 5.60. The van der Waals surface area contributed by atoms with Gasteiger partial charge in [-0.2, -0.15) is 0 Å². The number of nitrogens with one attached hydrogen (secondary N) is 1. The fraction of sp³-hybridized carbons (Fsp3) is 0.211.